The summed E-state index contributed by atoms with van der Waals surface area (Å²) in [6.07, 6.45) is 2.48. The van der Waals surface area contributed by atoms with E-state index in [4.69, 9.17) is 21.1 Å². The summed E-state index contributed by atoms with van der Waals surface area (Å²) >= 11 is 6.16. The SMILES string of the molecule is Clc1ccccc1CNCc1cccc(OCC2CCCO2)c1. The zero-order valence-corrected chi connectivity index (χ0v) is 13.9. The van der Waals surface area contributed by atoms with Gasteiger partial charge >= 0.3 is 0 Å². The molecule has 1 N–H and O–H groups in total. The van der Waals surface area contributed by atoms with Gasteiger partial charge in [-0.05, 0) is 42.2 Å². The highest BCUT2D eigenvalue weighted by Gasteiger charge is 2.15. The summed E-state index contributed by atoms with van der Waals surface area (Å²) in [5.74, 6) is 0.901. The maximum Gasteiger partial charge on any atom is 0.119 e. The first-order valence-corrected chi connectivity index (χ1v) is 8.46. The molecule has 1 heterocycles. The molecule has 0 saturated carbocycles. The molecule has 1 aliphatic rings. The predicted octanol–water partition coefficient (Wildman–Crippen LogP) is 4.19. The van der Waals surface area contributed by atoms with Gasteiger partial charge in [0.25, 0.3) is 0 Å². The van der Waals surface area contributed by atoms with Crippen LogP contribution in [-0.4, -0.2) is 19.3 Å². The molecule has 23 heavy (non-hydrogen) atoms. The highest BCUT2D eigenvalue weighted by Crippen LogP contribution is 2.18. The number of benzene rings is 2. The minimum Gasteiger partial charge on any atom is -0.491 e. The highest BCUT2D eigenvalue weighted by atomic mass is 35.5. The second-order valence-corrected chi connectivity index (χ2v) is 6.20. The van der Waals surface area contributed by atoms with Gasteiger partial charge in [-0.2, -0.15) is 0 Å². The molecule has 4 heteroatoms. The lowest BCUT2D eigenvalue weighted by atomic mass is 10.2. The number of ether oxygens (including phenoxy) is 2. The van der Waals surface area contributed by atoms with Gasteiger partial charge in [0.05, 0.1) is 6.10 Å². The van der Waals surface area contributed by atoms with E-state index >= 15 is 0 Å². The van der Waals surface area contributed by atoms with Gasteiger partial charge in [-0.15, -0.1) is 0 Å². The van der Waals surface area contributed by atoms with E-state index < -0.39 is 0 Å². The van der Waals surface area contributed by atoms with Crippen LogP contribution in [0.2, 0.25) is 5.02 Å². The summed E-state index contributed by atoms with van der Waals surface area (Å²) in [7, 11) is 0. The third kappa shape index (κ3) is 4.96. The van der Waals surface area contributed by atoms with E-state index in [1.807, 2.05) is 36.4 Å². The van der Waals surface area contributed by atoms with Crippen LogP contribution in [0.15, 0.2) is 48.5 Å². The van der Waals surface area contributed by atoms with E-state index in [1.165, 1.54) is 5.56 Å². The first-order valence-electron chi connectivity index (χ1n) is 8.09. The zero-order valence-electron chi connectivity index (χ0n) is 13.1. The first-order chi connectivity index (χ1) is 11.3. The first kappa shape index (κ1) is 16.3. The fourth-order valence-electron chi connectivity index (χ4n) is 2.69. The largest absolute Gasteiger partial charge is 0.491 e. The molecule has 0 bridgehead atoms. The van der Waals surface area contributed by atoms with E-state index in [1.54, 1.807) is 0 Å². The molecule has 0 amide bonds. The van der Waals surface area contributed by atoms with Crippen molar-refractivity contribution in [2.75, 3.05) is 13.2 Å². The molecule has 0 aliphatic carbocycles. The third-order valence-electron chi connectivity index (χ3n) is 3.96. The van der Waals surface area contributed by atoms with Crippen LogP contribution in [0.3, 0.4) is 0 Å². The normalized spacial score (nSPS) is 17.3. The van der Waals surface area contributed by atoms with E-state index in [-0.39, 0.29) is 6.10 Å². The van der Waals surface area contributed by atoms with Gasteiger partial charge in [0, 0.05) is 24.7 Å². The molecule has 0 spiro atoms. The van der Waals surface area contributed by atoms with Crippen LogP contribution in [0.5, 0.6) is 5.75 Å². The third-order valence-corrected chi connectivity index (χ3v) is 4.33. The lowest BCUT2D eigenvalue weighted by Crippen LogP contribution is -2.16. The lowest BCUT2D eigenvalue weighted by Gasteiger charge is -2.12. The van der Waals surface area contributed by atoms with Crippen molar-refractivity contribution in [3.63, 3.8) is 0 Å². The van der Waals surface area contributed by atoms with Crippen LogP contribution >= 0.6 is 11.6 Å². The van der Waals surface area contributed by atoms with E-state index in [9.17, 15) is 0 Å². The maximum absolute atomic E-state index is 6.16. The van der Waals surface area contributed by atoms with Gasteiger partial charge in [-0.1, -0.05) is 41.9 Å². The molecule has 1 saturated heterocycles. The highest BCUT2D eigenvalue weighted by molar-refractivity contribution is 6.31. The molecule has 0 radical (unpaired) electrons. The second kappa shape index (κ2) is 8.34. The molecule has 1 aliphatic heterocycles. The molecule has 2 aromatic rings. The molecule has 1 atom stereocenters. The Labute approximate surface area is 142 Å². The Balaban J connectivity index is 1.48. The summed E-state index contributed by atoms with van der Waals surface area (Å²) in [5, 5.41) is 4.22. The maximum atomic E-state index is 6.16. The fraction of sp³-hybridized carbons (Fsp3) is 0.368. The van der Waals surface area contributed by atoms with Crippen molar-refractivity contribution in [1.82, 2.24) is 5.32 Å². The Kier molecular flexibility index (Phi) is 5.92. The Hall–Kier alpha value is -1.55. The number of nitrogens with one attached hydrogen (secondary N) is 1. The number of hydrogen-bond donors (Lipinski definition) is 1. The average molecular weight is 332 g/mol. The van der Waals surface area contributed by atoms with Crippen molar-refractivity contribution >= 4 is 11.6 Å². The molecule has 0 aromatic heterocycles. The molecule has 3 rings (SSSR count). The minimum absolute atomic E-state index is 0.247. The number of hydrogen-bond acceptors (Lipinski definition) is 3. The van der Waals surface area contributed by atoms with E-state index in [0.717, 1.165) is 48.9 Å². The van der Waals surface area contributed by atoms with Gasteiger partial charge in [0.1, 0.15) is 12.4 Å². The van der Waals surface area contributed by atoms with Crippen LogP contribution in [-0.2, 0) is 17.8 Å². The Morgan fingerprint density at radius 2 is 2.04 bits per heavy atom. The lowest BCUT2D eigenvalue weighted by molar-refractivity contribution is 0.0679. The van der Waals surface area contributed by atoms with E-state index in [0.29, 0.717) is 6.61 Å². The molecule has 1 fully saturated rings. The number of rotatable bonds is 7. The predicted molar refractivity (Wildman–Crippen MR) is 92.9 cm³/mol. The van der Waals surface area contributed by atoms with Crippen LogP contribution < -0.4 is 10.1 Å². The Bertz CT molecular complexity index is 626. The quantitative estimate of drug-likeness (QED) is 0.825. The Morgan fingerprint density at radius 1 is 1.13 bits per heavy atom. The average Bonchev–Trinajstić information content (AvgIpc) is 3.09. The summed E-state index contributed by atoms with van der Waals surface area (Å²) in [6.45, 7) is 3.03. The smallest absolute Gasteiger partial charge is 0.119 e. The van der Waals surface area contributed by atoms with Crippen LogP contribution in [0, 0.1) is 0 Å². The van der Waals surface area contributed by atoms with Crippen molar-refractivity contribution < 1.29 is 9.47 Å². The molecule has 1 unspecified atom stereocenters. The van der Waals surface area contributed by atoms with Crippen LogP contribution in [0.4, 0.5) is 0 Å². The van der Waals surface area contributed by atoms with Crippen molar-refractivity contribution in [2.45, 2.75) is 32.0 Å². The Morgan fingerprint density at radius 3 is 2.87 bits per heavy atom. The molecular formula is C19H22ClNO2. The standard InChI is InChI=1S/C19H22ClNO2/c20-19-9-2-1-6-16(19)13-21-12-15-5-3-7-17(11-15)23-14-18-8-4-10-22-18/h1-3,5-7,9,11,18,21H,4,8,10,12-14H2. The summed E-state index contributed by atoms with van der Waals surface area (Å²) in [4.78, 5) is 0. The molecule has 122 valence electrons. The summed E-state index contributed by atoms with van der Waals surface area (Å²) in [6, 6.07) is 16.1. The summed E-state index contributed by atoms with van der Waals surface area (Å²) < 4.78 is 11.4. The monoisotopic (exact) mass is 331 g/mol. The van der Waals surface area contributed by atoms with Crippen LogP contribution in [0.25, 0.3) is 0 Å². The van der Waals surface area contributed by atoms with Gasteiger partial charge in [0.2, 0.25) is 0 Å². The van der Waals surface area contributed by atoms with Crippen molar-refractivity contribution in [3.05, 3.63) is 64.7 Å². The fourth-order valence-corrected chi connectivity index (χ4v) is 2.90. The van der Waals surface area contributed by atoms with Crippen molar-refractivity contribution in [1.29, 1.82) is 0 Å². The zero-order chi connectivity index (χ0) is 15.9. The van der Waals surface area contributed by atoms with Crippen molar-refractivity contribution in [3.8, 4) is 5.75 Å². The van der Waals surface area contributed by atoms with Gasteiger partial charge < -0.3 is 14.8 Å². The second-order valence-electron chi connectivity index (χ2n) is 5.79. The molecule has 3 nitrogen and oxygen atoms in total. The van der Waals surface area contributed by atoms with E-state index in [2.05, 4.69) is 17.4 Å². The minimum atomic E-state index is 0.247. The number of halogens is 1. The van der Waals surface area contributed by atoms with Gasteiger partial charge in [-0.3, -0.25) is 0 Å². The topological polar surface area (TPSA) is 30.5 Å². The van der Waals surface area contributed by atoms with Gasteiger partial charge in [-0.25, -0.2) is 0 Å². The van der Waals surface area contributed by atoms with Crippen LogP contribution in [0.1, 0.15) is 24.0 Å². The van der Waals surface area contributed by atoms with Gasteiger partial charge in [0.15, 0.2) is 0 Å². The molecule has 2 aromatic carbocycles. The summed E-state index contributed by atoms with van der Waals surface area (Å²) in [5.41, 5.74) is 2.31. The van der Waals surface area contributed by atoms with Crippen molar-refractivity contribution in [2.24, 2.45) is 0 Å². The molecular weight excluding hydrogens is 310 g/mol.